The number of nitrogens with zero attached hydrogens (tertiary/aromatic N) is 4. The molecular formula is C20H26N4O3. The maximum absolute atomic E-state index is 12.5. The van der Waals surface area contributed by atoms with Gasteiger partial charge < -0.3 is 14.4 Å². The molecule has 2 aliphatic heterocycles. The second-order valence-corrected chi connectivity index (χ2v) is 7.32. The van der Waals surface area contributed by atoms with E-state index in [4.69, 9.17) is 9.47 Å². The van der Waals surface area contributed by atoms with Crippen molar-refractivity contribution in [2.75, 3.05) is 39.5 Å². The van der Waals surface area contributed by atoms with E-state index in [1.165, 1.54) is 0 Å². The molecule has 0 radical (unpaired) electrons. The van der Waals surface area contributed by atoms with Crippen molar-refractivity contribution in [3.63, 3.8) is 0 Å². The Morgan fingerprint density at radius 1 is 1.19 bits per heavy atom. The van der Waals surface area contributed by atoms with Crippen LogP contribution < -0.4 is 5.56 Å². The first-order valence-corrected chi connectivity index (χ1v) is 9.66. The van der Waals surface area contributed by atoms with Crippen LogP contribution in [0.25, 0.3) is 11.3 Å². The van der Waals surface area contributed by atoms with Crippen molar-refractivity contribution in [3.05, 3.63) is 47.3 Å². The molecule has 2 aromatic rings. The van der Waals surface area contributed by atoms with Gasteiger partial charge in [0.25, 0.3) is 5.56 Å². The number of aromatic nitrogens is 3. The quantitative estimate of drug-likeness (QED) is 0.793. The molecule has 2 aromatic heterocycles. The fourth-order valence-corrected chi connectivity index (χ4v) is 3.79. The zero-order valence-electron chi connectivity index (χ0n) is 15.5. The lowest BCUT2D eigenvalue weighted by molar-refractivity contribution is -0.0994. The molecule has 0 amide bonds. The summed E-state index contributed by atoms with van der Waals surface area (Å²) in [6.07, 6.45) is 7.48. The highest BCUT2D eigenvalue weighted by atomic mass is 16.6. The van der Waals surface area contributed by atoms with Crippen molar-refractivity contribution in [3.8, 4) is 11.3 Å². The maximum atomic E-state index is 12.5. The van der Waals surface area contributed by atoms with Crippen LogP contribution in [0.5, 0.6) is 0 Å². The highest BCUT2D eigenvalue weighted by molar-refractivity contribution is 5.56. The Bertz CT molecular complexity index is 781. The summed E-state index contributed by atoms with van der Waals surface area (Å²) in [5.74, 6) is 0.508. The number of piperidine rings is 1. The molecule has 0 spiro atoms. The van der Waals surface area contributed by atoms with E-state index in [0.29, 0.717) is 31.4 Å². The van der Waals surface area contributed by atoms with Crippen LogP contribution in [0, 0.1) is 5.92 Å². The van der Waals surface area contributed by atoms with E-state index < -0.39 is 0 Å². The smallest absolute Gasteiger partial charge is 0.253 e. The van der Waals surface area contributed by atoms with Gasteiger partial charge in [-0.1, -0.05) is 0 Å². The van der Waals surface area contributed by atoms with Crippen molar-refractivity contribution in [1.29, 1.82) is 0 Å². The lowest BCUT2D eigenvalue weighted by atomic mass is 9.96. The van der Waals surface area contributed by atoms with Gasteiger partial charge in [0, 0.05) is 37.1 Å². The molecule has 0 aromatic carbocycles. The van der Waals surface area contributed by atoms with Crippen LogP contribution in [-0.4, -0.2) is 65.0 Å². The Hall–Kier alpha value is -2.09. The van der Waals surface area contributed by atoms with E-state index in [-0.39, 0.29) is 11.7 Å². The van der Waals surface area contributed by atoms with Crippen molar-refractivity contribution < 1.29 is 9.47 Å². The summed E-state index contributed by atoms with van der Waals surface area (Å²) in [6.45, 7) is 5.86. The van der Waals surface area contributed by atoms with Crippen LogP contribution in [0.3, 0.4) is 0 Å². The van der Waals surface area contributed by atoms with Gasteiger partial charge in [0.05, 0.1) is 37.9 Å². The van der Waals surface area contributed by atoms with Crippen LogP contribution in [0.4, 0.5) is 0 Å². The monoisotopic (exact) mass is 370 g/mol. The van der Waals surface area contributed by atoms with Gasteiger partial charge in [-0.15, -0.1) is 0 Å². The topological polar surface area (TPSA) is 69.5 Å². The number of likely N-dealkylation sites (tertiary alicyclic amines) is 1. The van der Waals surface area contributed by atoms with Crippen LogP contribution >= 0.6 is 0 Å². The zero-order valence-corrected chi connectivity index (χ0v) is 15.5. The molecule has 4 rings (SSSR count). The minimum Gasteiger partial charge on any atom is -0.376 e. The highest BCUT2D eigenvalue weighted by Crippen LogP contribution is 2.20. The largest absolute Gasteiger partial charge is 0.376 e. The average Bonchev–Trinajstić information content (AvgIpc) is 2.72. The number of hydrogen-bond donors (Lipinski definition) is 0. The van der Waals surface area contributed by atoms with Crippen LogP contribution in [0.15, 0.2) is 41.7 Å². The molecule has 1 atom stereocenters. The van der Waals surface area contributed by atoms with Crippen LogP contribution in [-0.2, 0) is 16.0 Å². The fourth-order valence-electron chi connectivity index (χ4n) is 3.79. The summed E-state index contributed by atoms with van der Waals surface area (Å²) in [4.78, 5) is 23.5. The molecule has 7 heteroatoms. The second kappa shape index (κ2) is 8.73. The molecule has 2 fully saturated rings. The summed E-state index contributed by atoms with van der Waals surface area (Å²) in [7, 11) is 0. The molecule has 7 nitrogen and oxygen atoms in total. The minimum atomic E-state index is -0.000892. The molecular weight excluding hydrogens is 344 g/mol. The number of ether oxygens (including phenoxy) is 2. The molecule has 2 aliphatic rings. The van der Waals surface area contributed by atoms with Gasteiger partial charge >= 0.3 is 0 Å². The molecule has 2 saturated heterocycles. The second-order valence-electron chi connectivity index (χ2n) is 7.32. The van der Waals surface area contributed by atoms with Gasteiger partial charge in [-0.05, 0) is 44.0 Å². The van der Waals surface area contributed by atoms with Gasteiger partial charge in [-0.3, -0.25) is 14.3 Å². The zero-order chi connectivity index (χ0) is 18.5. The lowest BCUT2D eigenvalue weighted by Gasteiger charge is -2.35. The van der Waals surface area contributed by atoms with Gasteiger partial charge in [0.2, 0.25) is 0 Å². The molecule has 0 aliphatic carbocycles. The van der Waals surface area contributed by atoms with Crippen molar-refractivity contribution in [1.82, 2.24) is 19.4 Å². The van der Waals surface area contributed by atoms with E-state index in [1.807, 2.05) is 12.1 Å². The highest BCUT2D eigenvalue weighted by Gasteiger charge is 2.24. The Kier molecular flexibility index (Phi) is 5.91. The number of hydrogen-bond acceptors (Lipinski definition) is 6. The molecule has 4 heterocycles. The third-order valence-corrected chi connectivity index (χ3v) is 5.35. The minimum absolute atomic E-state index is 0.000892. The number of pyridine rings is 1. The van der Waals surface area contributed by atoms with E-state index >= 15 is 0 Å². The van der Waals surface area contributed by atoms with Crippen molar-refractivity contribution in [2.45, 2.75) is 25.5 Å². The summed E-state index contributed by atoms with van der Waals surface area (Å²) in [5.41, 5.74) is 1.54. The predicted octanol–water partition coefficient (Wildman–Crippen LogP) is 1.43. The average molecular weight is 370 g/mol. The van der Waals surface area contributed by atoms with Gasteiger partial charge in [0.1, 0.15) is 0 Å². The first kappa shape index (κ1) is 18.3. The van der Waals surface area contributed by atoms with Crippen molar-refractivity contribution in [2.24, 2.45) is 5.92 Å². The number of rotatable bonds is 5. The maximum Gasteiger partial charge on any atom is 0.253 e. The van der Waals surface area contributed by atoms with Crippen LogP contribution in [0.2, 0.25) is 0 Å². The van der Waals surface area contributed by atoms with Gasteiger partial charge in [0.15, 0.2) is 0 Å². The van der Waals surface area contributed by atoms with E-state index in [1.54, 1.807) is 29.4 Å². The van der Waals surface area contributed by atoms with E-state index in [2.05, 4.69) is 14.9 Å². The molecule has 0 bridgehead atoms. The van der Waals surface area contributed by atoms with E-state index in [9.17, 15) is 4.79 Å². The Labute approximate surface area is 159 Å². The van der Waals surface area contributed by atoms with E-state index in [0.717, 1.165) is 44.6 Å². The predicted molar refractivity (Wildman–Crippen MR) is 101 cm³/mol. The summed E-state index contributed by atoms with van der Waals surface area (Å²) < 4.78 is 13.0. The summed E-state index contributed by atoms with van der Waals surface area (Å²) in [5, 5.41) is 0. The van der Waals surface area contributed by atoms with Crippen LogP contribution in [0.1, 0.15) is 12.8 Å². The summed E-state index contributed by atoms with van der Waals surface area (Å²) >= 11 is 0. The Morgan fingerprint density at radius 3 is 2.78 bits per heavy atom. The SMILES string of the molecule is O=c1cc(-c2cccnc2)ncn1CC1CCN(CC2COCCO2)CC1. The molecule has 0 N–H and O–H groups in total. The Balaban J connectivity index is 1.30. The molecule has 1 unspecified atom stereocenters. The van der Waals surface area contributed by atoms with Crippen molar-refractivity contribution >= 4 is 0 Å². The first-order valence-electron chi connectivity index (χ1n) is 9.66. The lowest BCUT2D eigenvalue weighted by Crippen LogP contribution is -2.44. The van der Waals surface area contributed by atoms with Gasteiger partial charge in [-0.2, -0.15) is 0 Å². The fraction of sp³-hybridized carbons (Fsp3) is 0.550. The normalized spacial score (nSPS) is 22.0. The standard InChI is InChI=1S/C20H26N4O3/c25-20-10-19(17-2-1-5-21-11-17)22-15-24(20)12-16-3-6-23(7-4-16)13-18-14-26-8-9-27-18/h1-2,5,10-11,15-16,18H,3-4,6-9,12-14H2. The molecule has 0 saturated carbocycles. The van der Waals surface area contributed by atoms with Gasteiger partial charge in [-0.25, -0.2) is 4.98 Å². The molecule has 27 heavy (non-hydrogen) atoms. The third kappa shape index (κ3) is 4.80. The molecule has 144 valence electrons. The third-order valence-electron chi connectivity index (χ3n) is 5.35. The Morgan fingerprint density at radius 2 is 2.07 bits per heavy atom. The first-order chi connectivity index (χ1) is 13.3. The summed E-state index contributed by atoms with van der Waals surface area (Å²) in [6, 6.07) is 5.36.